The summed E-state index contributed by atoms with van der Waals surface area (Å²) in [4.78, 5) is 16.9. The van der Waals surface area contributed by atoms with Crippen LogP contribution in [-0.2, 0) is 0 Å². The van der Waals surface area contributed by atoms with E-state index < -0.39 is 0 Å². The number of H-pyrrole nitrogens is 1. The fourth-order valence-electron chi connectivity index (χ4n) is 3.13. The first-order chi connectivity index (χ1) is 12.7. The highest BCUT2D eigenvalue weighted by atomic mass is 32.1. The molecule has 0 aliphatic heterocycles. The molecule has 4 aromatic rings. The largest absolute Gasteiger partial charge is 0.618 e. The second-order valence-corrected chi connectivity index (χ2v) is 6.96. The van der Waals surface area contributed by atoms with Gasteiger partial charge in [0, 0.05) is 46.6 Å². The van der Waals surface area contributed by atoms with E-state index in [1.807, 2.05) is 35.8 Å². The van der Waals surface area contributed by atoms with Crippen LogP contribution < -0.4 is 10.0 Å². The number of carbonyl (C=O) groups is 1. The molecule has 3 aromatic heterocycles. The number of para-hydroxylation sites is 1. The number of benzene rings is 1. The number of carbonyl (C=O) groups excluding carboxylic acids is 1. The molecule has 1 amide bonds. The van der Waals surface area contributed by atoms with Crippen molar-refractivity contribution in [3.8, 4) is 0 Å². The van der Waals surface area contributed by atoms with Gasteiger partial charge in [-0.1, -0.05) is 24.3 Å². The van der Waals surface area contributed by atoms with Gasteiger partial charge in [-0.2, -0.15) is 4.73 Å². The van der Waals surface area contributed by atoms with Gasteiger partial charge >= 0.3 is 5.91 Å². The minimum Gasteiger partial charge on any atom is -0.618 e. The molecule has 0 aliphatic rings. The van der Waals surface area contributed by atoms with Crippen molar-refractivity contribution >= 4 is 28.1 Å². The number of pyridine rings is 1. The molecule has 26 heavy (non-hydrogen) atoms. The van der Waals surface area contributed by atoms with Gasteiger partial charge in [0.05, 0.1) is 0 Å². The summed E-state index contributed by atoms with van der Waals surface area (Å²) in [6, 6.07) is 17.0. The van der Waals surface area contributed by atoms with Gasteiger partial charge in [0.2, 0.25) is 0 Å². The van der Waals surface area contributed by atoms with Crippen molar-refractivity contribution in [1.29, 1.82) is 0 Å². The third-order valence-electron chi connectivity index (χ3n) is 4.41. The molecule has 0 saturated heterocycles. The predicted octanol–water partition coefficient (Wildman–Crippen LogP) is 3.42. The highest BCUT2D eigenvalue weighted by Crippen LogP contribution is 2.32. The van der Waals surface area contributed by atoms with Gasteiger partial charge in [-0.05, 0) is 29.1 Å². The summed E-state index contributed by atoms with van der Waals surface area (Å²) in [5.74, 6) is -0.360. The summed E-state index contributed by atoms with van der Waals surface area (Å²) in [7, 11) is 0. The summed E-state index contributed by atoms with van der Waals surface area (Å²) < 4.78 is 0.584. The number of nitrogens with one attached hydrogen (secondary N) is 2. The molecule has 6 heteroatoms. The molecule has 0 radical (unpaired) electrons. The number of amides is 1. The number of rotatable bonds is 5. The second kappa shape index (κ2) is 7.01. The van der Waals surface area contributed by atoms with Crippen molar-refractivity contribution < 1.29 is 9.52 Å². The molecular formula is C20H17N3O2S. The standard InChI is InChI=1S/C20H17N3O2S/c24-20(18-8-3-4-10-23(18)25)22-13-16(19-9-5-11-26-19)15-12-21-17-7-2-1-6-14(15)17/h1-12,16,21H,13H2,(H,22,24)/t16-/m0/s1. The van der Waals surface area contributed by atoms with Crippen LogP contribution in [0.15, 0.2) is 72.4 Å². The highest BCUT2D eigenvalue weighted by molar-refractivity contribution is 7.10. The van der Waals surface area contributed by atoms with Crippen LogP contribution in [0.4, 0.5) is 0 Å². The Bertz CT molecular complexity index is 1040. The Balaban J connectivity index is 1.63. The molecule has 0 spiro atoms. The molecule has 0 bridgehead atoms. The van der Waals surface area contributed by atoms with Crippen molar-refractivity contribution in [3.63, 3.8) is 0 Å². The molecule has 1 atom stereocenters. The minimum atomic E-state index is -0.373. The van der Waals surface area contributed by atoms with Crippen LogP contribution in [0, 0.1) is 5.21 Å². The molecule has 1 aromatic carbocycles. The third-order valence-corrected chi connectivity index (χ3v) is 5.39. The summed E-state index contributed by atoms with van der Waals surface area (Å²) in [5, 5.41) is 17.9. The van der Waals surface area contributed by atoms with Crippen LogP contribution in [0.1, 0.15) is 26.8 Å². The number of hydrogen-bond donors (Lipinski definition) is 2. The van der Waals surface area contributed by atoms with Crippen LogP contribution in [0.25, 0.3) is 10.9 Å². The Hall–Kier alpha value is -3.12. The van der Waals surface area contributed by atoms with Gasteiger partial charge in [0.25, 0.3) is 5.69 Å². The van der Waals surface area contributed by atoms with Gasteiger partial charge in [0.1, 0.15) is 0 Å². The van der Waals surface area contributed by atoms with Crippen molar-refractivity contribution in [2.75, 3.05) is 6.54 Å². The fraction of sp³-hybridized carbons (Fsp3) is 0.100. The number of thiophene rings is 1. The molecule has 2 N–H and O–H groups in total. The zero-order chi connectivity index (χ0) is 17.9. The number of aromatic nitrogens is 2. The Morgan fingerprint density at radius 2 is 2.00 bits per heavy atom. The Morgan fingerprint density at radius 1 is 1.15 bits per heavy atom. The smallest absolute Gasteiger partial charge is 0.317 e. The lowest BCUT2D eigenvalue weighted by Gasteiger charge is -2.16. The number of aromatic amines is 1. The van der Waals surface area contributed by atoms with E-state index in [0.29, 0.717) is 11.3 Å². The Kier molecular flexibility index (Phi) is 4.41. The summed E-state index contributed by atoms with van der Waals surface area (Å²) >= 11 is 1.66. The summed E-state index contributed by atoms with van der Waals surface area (Å²) in [5.41, 5.74) is 2.29. The maximum absolute atomic E-state index is 12.4. The normalized spacial score (nSPS) is 12.2. The number of hydrogen-bond acceptors (Lipinski definition) is 3. The minimum absolute atomic E-state index is 0.0129. The lowest BCUT2D eigenvalue weighted by atomic mass is 9.96. The van der Waals surface area contributed by atoms with E-state index >= 15 is 0 Å². The first-order valence-electron chi connectivity index (χ1n) is 8.30. The second-order valence-electron chi connectivity index (χ2n) is 5.98. The summed E-state index contributed by atoms with van der Waals surface area (Å²) in [6.07, 6.45) is 3.32. The van der Waals surface area contributed by atoms with E-state index in [-0.39, 0.29) is 17.5 Å². The van der Waals surface area contributed by atoms with E-state index in [2.05, 4.69) is 22.4 Å². The van der Waals surface area contributed by atoms with Gasteiger partial charge in [-0.25, -0.2) is 0 Å². The van der Waals surface area contributed by atoms with E-state index in [0.717, 1.165) is 21.3 Å². The van der Waals surface area contributed by atoms with E-state index in [4.69, 9.17) is 0 Å². The zero-order valence-electron chi connectivity index (χ0n) is 13.9. The topological polar surface area (TPSA) is 71.8 Å². The molecule has 0 fully saturated rings. The van der Waals surface area contributed by atoms with Crippen LogP contribution in [0.3, 0.4) is 0 Å². The SMILES string of the molecule is O=C(NC[C@H](c1cccs1)c1c[nH]c2ccccc12)c1cccc[n+]1[O-]. The van der Waals surface area contributed by atoms with Gasteiger partial charge in [-0.3, -0.25) is 4.79 Å². The molecule has 0 unspecified atom stereocenters. The average Bonchev–Trinajstić information content (AvgIpc) is 3.33. The van der Waals surface area contributed by atoms with Crippen molar-refractivity contribution in [2.24, 2.45) is 0 Å². The van der Waals surface area contributed by atoms with E-state index in [1.165, 1.54) is 12.3 Å². The highest BCUT2D eigenvalue weighted by Gasteiger charge is 2.22. The van der Waals surface area contributed by atoms with Gasteiger partial charge in [0.15, 0.2) is 6.20 Å². The Labute approximate surface area is 154 Å². The zero-order valence-corrected chi connectivity index (χ0v) is 14.7. The molecule has 0 aliphatic carbocycles. The number of nitrogens with zero attached hydrogens (tertiary/aromatic N) is 1. The summed E-state index contributed by atoms with van der Waals surface area (Å²) in [6.45, 7) is 0.413. The maximum Gasteiger partial charge on any atom is 0.317 e. The molecule has 4 rings (SSSR count). The monoisotopic (exact) mass is 363 g/mol. The van der Waals surface area contributed by atoms with Crippen molar-refractivity contribution in [1.82, 2.24) is 10.3 Å². The van der Waals surface area contributed by atoms with Crippen LogP contribution >= 0.6 is 11.3 Å². The average molecular weight is 363 g/mol. The quantitative estimate of drug-likeness (QED) is 0.421. The van der Waals surface area contributed by atoms with Crippen LogP contribution in [-0.4, -0.2) is 17.4 Å². The molecule has 5 nitrogen and oxygen atoms in total. The van der Waals surface area contributed by atoms with Crippen LogP contribution in [0.5, 0.6) is 0 Å². The molecule has 130 valence electrons. The maximum atomic E-state index is 12.4. The molecular weight excluding hydrogens is 346 g/mol. The molecule has 3 heterocycles. The van der Waals surface area contributed by atoms with Gasteiger partial charge in [-0.15, -0.1) is 11.3 Å². The first kappa shape index (κ1) is 16.4. The van der Waals surface area contributed by atoms with E-state index in [1.54, 1.807) is 23.5 Å². The third kappa shape index (κ3) is 3.07. The first-order valence-corrected chi connectivity index (χ1v) is 9.18. The van der Waals surface area contributed by atoms with Crippen LogP contribution in [0.2, 0.25) is 0 Å². The van der Waals surface area contributed by atoms with Gasteiger partial charge < -0.3 is 15.5 Å². The van der Waals surface area contributed by atoms with Crippen molar-refractivity contribution in [3.05, 3.63) is 93.7 Å². The lowest BCUT2D eigenvalue weighted by molar-refractivity contribution is -0.607. The Morgan fingerprint density at radius 3 is 2.81 bits per heavy atom. The fourth-order valence-corrected chi connectivity index (χ4v) is 3.97. The van der Waals surface area contributed by atoms with E-state index in [9.17, 15) is 10.0 Å². The number of fused-ring (bicyclic) bond motifs is 1. The lowest BCUT2D eigenvalue weighted by Crippen LogP contribution is -2.40. The molecule has 0 saturated carbocycles. The predicted molar refractivity (Wildman–Crippen MR) is 102 cm³/mol. The van der Waals surface area contributed by atoms with Crippen molar-refractivity contribution in [2.45, 2.75) is 5.92 Å².